The van der Waals surface area contributed by atoms with E-state index in [-0.39, 0.29) is 11.8 Å². The topological polar surface area (TPSA) is 86.9 Å². The van der Waals surface area contributed by atoms with E-state index in [4.69, 9.17) is 0 Å². The van der Waals surface area contributed by atoms with Crippen LogP contribution in [0.3, 0.4) is 0 Å². The summed E-state index contributed by atoms with van der Waals surface area (Å²) in [6.45, 7) is 1.64. The van der Waals surface area contributed by atoms with Crippen molar-refractivity contribution in [3.8, 4) is 11.4 Å². The van der Waals surface area contributed by atoms with Crippen LogP contribution in [0.15, 0.2) is 41.2 Å². The van der Waals surface area contributed by atoms with Crippen molar-refractivity contribution >= 4 is 39.6 Å². The molecule has 0 saturated heterocycles. The molecular weight excluding hydrogens is 332 g/mol. The van der Waals surface area contributed by atoms with Crippen LogP contribution < -0.4 is 10.6 Å². The molecule has 0 fully saturated rings. The third-order valence-electron chi connectivity index (χ3n) is 3.09. The molecule has 0 aliphatic carbocycles. The fourth-order valence-corrected chi connectivity index (χ4v) is 3.24. The average molecular weight is 346 g/mol. The maximum atomic E-state index is 12.1. The lowest BCUT2D eigenvalue weighted by atomic mass is 10.3. The number of thiophene rings is 1. The van der Waals surface area contributed by atoms with Crippen LogP contribution in [-0.2, 0) is 4.79 Å². The third kappa shape index (κ3) is 3.66. The van der Waals surface area contributed by atoms with Gasteiger partial charge in [0.1, 0.15) is 6.04 Å². The van der Waals surface area contributed by atoms with Crippen molar-refractivity contribution in [2.75, 3.05) is 5.32 Å². The normalized spacial score (nSPS) is 11.9. The first-order valence-corrected chi connectivity index (χ1v) is 8.64. The molecule has 1 unspecified atom stereocenters. The van der Waals surface area contributed by atoms with Crippen LogP contribution in [-0.4, -0.2) is 27.8 Å². The van der Waals surface area contributed by atoms with Gasteiger partial charge in [-0.3, -0.25) is 9.59 Å². The van der Waals surface area contributed by atoms with Gasteiger partial charge in [-0.05, 0) is 30.5 Å². The SMILES string of the molecule is CC(NC(=O)c1cccs1)C(=O)Nc1nc(-c2ccc[nH]2)cs1. The number of H-pyrrole nitrogens is 1. The van der Waals surface area contributed by atoms with Crippen molar-refractivity contribution < 1.29 is 9.59 Å². The standard InChI is InChI=1S/C15H14N4O2S2/c1-9(17-14(21)12-5-3-7-22-12)13(20)19-15-18-11(8-23-15)10-4-2-6-16-10/h2-9,16H,1H3,(H,17,21)(H,18,19,20). The lowest BCUT2D eigenvalue weighted by Gasteiger charge is -2.12. The van der Waals surface area contributed by atoms with Gasteiger partial charge in [0.25, 0.3) is 5.91 Å². The van der Waals surface area contributed by atoms with Gasteiger partial charge in [-0.2, -0.15) is 0 Å². The lowest BCUT2D eigenvalue weighted by Crippen LogP contribution is -2.41. The highest BCUT2D eigenvalue weighted by molar-refractivity contribution is 7.14. The number of nitrogens with one attached hydrogen (secondary N) is 3. The summed E-state index contributed by atoms with van der Waals surface area (Å²) in [7, 11) is 0. The molecule has 3 heterocycles. The van der Waals surface area contributed by atoms with E-state index < -0.39 is 6.04 Å². The number of carbonyl (C=O) groups is 2. The molecule has 23 heavy (non-hydrogen) atoms. The Bertz CT molecular complexity index is 793. The van der Waals surface area contributed by atoms with Crippen LogP contribution in [0.25, 0.3) is 11.4 Å². The van der Waals surface area contributed by atoms with Crippen LogP contribution in [0.1, 0.15) is 16.6 Å². The molecule has 0 aliphatic rings. The number of carbonyl (C=O) groups excluding carboxylic acids is 2. The number of thiazole rings is 1. The Labute approximate surface area is 140 Å². The average Bonchev–Trinajstić information content (AvgIpc) is 3.28. The van der Waals surface area contributed by atoms with Crippen molar-refractivity contribution in [2.45, 2.75) is 13.0 Å². The maximum Gasteiger partial charge on any atom is 0.261 e. The van der Waals surface area contributed by atoms with E-state index >= 15 is 0 Å². The molecule has 0 radical (unpaired) electrons. The fraction of sp³-hybridized carbons (Fsp3) is 0.133. The zero-order valence-electron chi connectivity index (χ0n) is 12.2. The smallest absolute Gasteiger partial charge is 0.261 e. The van der Waals surface area contributed by atoms with Crippen molar-refractivity contribution in [2.24, 2.45) is 0 Å². The molecule has 0 aliphatic heterocycles. The van der Waals surface area contributed by atoms with Crippen LogP contribution in [0.5, 0.6) is 0 Å². The highest BCUT2D eigenvalue weighted by atomic mass is 32.1. The van der Waals surface area contributed by atoms with Gasteiger partial charge in [0.2, 0.25) is 5.91 Å². The van der Waals surface area contributed by atoms with E-state index in [1.807, 2.05) is 29.1 Å². The highest BCUT2D eigenvalue weighted by Crippen LogP contribution is 2.23. The molecule has 3 rings (SSSR count). The van der Waals surface area contributed by atoms with Crippen molar-refractivity contribution in [1.82, 2.24) is 15.3 Å². The number of aromatic amines is 1. The van der Waals surface area contributed by atoms with Gasteiger partial charge < -0.3 is 15.6 Å². The number of rotatable bonds is 5. The van der Waals surface area contributed by atoms with Gasteiger partial charge >= 0.3 is 0 Å². The number of hydrogen-bond donors (Lipinski definition) is 3. The first kappa shape index (κ1) is 15.4. The van der Waals surface area contributed by atoms with E-state index in [0.717, 1.165) is 11.4 Å². The molecule has 118 valence electrons. The summed E-state index contributed by atoms with van der Waals surface area (Å²) in [5.74, 6) is -0.559. The summed E-state index contributed by atoms with van der Waals surface area (Å²) >= 11 is 2.67. The maximum absolute atomic E-state index is 12.1. The number of anilines is 1. The molecule has 1 atom stereocenters. The van der Waals surface area contributed by atoms with E-state index in [1.54, 1.807) is 19.1 Å². The van der Waals surface area contributed by atoms with E-state index in [2.05, 4.69) is 20.6 Å². The number of nitrogens with zero attached hydrogens (tertiary/aromatic N) is 1. The van der Waals surface area contributed by atoms with Crippen LogP contribution in [0.4, 0.5) is 5.13 Å². The first-order valence-electron chi connectivity index (χ1n) is 6.88. The molecule has 3 N–H and O–H groups in total. The predicted octanol–water partition coefficient (Wildman–Crippen LogP) is 2.96. The second-order valence-electron chi connectivity index (χ2n) is 4.78. The minimum atomic E-state index is -0.651. The van der Waals surface area contributed by atoms with Crippen LogP contribution >= 0.6 is 22.7 Å². The number of hydrogen-bond acceptors (Lipinski definition) is 5. The minimum Gasteiger partial charge on any atom is -0.360 e. The zero-order chi connectivity index (χ0) is 16.2. The monoisotopic (exact) mass is 346 g/mol. The quantitative estimate of drug-likeness (QED) is 0.664. The Hall–Kier alpha value is -2.45. The molecule has 8 heteroatoms. The molecule has 3 aromatic heterocycles. The Balaban J connectivity index is 1.59. The molecule has 0 aromatic carbocycles. The summed E-state index contributed by atoms with van der Waals surface area (Å²) in [5, 5.41) is 9.56. The van der Waals surface area contributed by atoms with E-state index in [9.17, 15) is 9.59 Å². The van der Waals surface area contributed by atoms with Crippen LogP contribution in [0.2, 0.25) is 0 Å². The third-order valence-corrected chi connectivity index (χ3v) is 4.72. The lowest BCUT2D eigenvalue weighted by molar-refractivity contribution is -0.117. The summed E-state index contributed by atoms with van der Waals surface area (Å²) in [6.07, 6.45) is 1.81. The first-order chi connectivity index (χ1) is 11.1. The Kier molecular flexibility index (Phi) is 4.54. The Morgan fingerprint density at radius 2 is 2.13 bits per heavy atom. The van der Waals surface area contributed by atoms with Gasteiger partial charge in [0.15, 0.2) is 5.13 Å². The molecule has 2 amide bonds. The van der Waals surface area contributed by atoms with Gasteiger partial charge in [-0.15, -0.1) is 22.7 Å². The molecule has 0 bridgehead atoms. The number of aromatic nitrogens is 2. The summed E-state index contributed by atoms with van der Waals surface area (Å²) in [5.41, 5.74) is 1.66. The highest BCUT2D eigenvalue weighted by Gasteiger charge is 2.18. The van der Waals surface area contributed by atoms with Crippen molar-refractivity contribution in [3.05, 3.63) is 46.1 Å². The second-order valence-corrected chi connectivity index (χ2v) is 6.59. The minimum absolute atomic E-state index is 0.256. The summed E-state index contributed by atoms with van der Waals surface area (Å²) in [4.78, 5) is 32.1. The summed E-state index contributed by atoms with van der Waals surface area (Å²) < 4.78 is 0. The Morgan fingerprint density at radius 1 is 1.26 bits per heavy atom. The van der Waals surface area contributed by atoms with Gasteiger partial charge in [-0.1, -0.05) is 6.07 Å². The molecule has 0 saturated carbocycles. The van der Waals surface area contributed by atoms with E-state index in [1.165, 1.54) is 22.7 Å². The molecule has 6 nitrogen and oxygen atoms in total. The molecule has 0 spiro atoms. The van der Waals surface area contributed by atoms with Gasteiger partial charge in [0, 0.05) is 11.6 Å². The van der Waals surface area contributed by atoms with Gasteiger partial charge in [0.05, 0.1) is 16.3 Å². The number of amides is 2. The second kappa shape index (κ2) is 6.76. The fourth-order valence-electron chi connectivity index (χ4n) is 1.90. The molecular formula is C15H14N4O2S2. The largest absolute Gasteiger partial charge is 0.360 e. The predicted molar refractivity (Wildman–Crippen MR) is 91.8 cm³/mol. The van der Waals surface area contributed by atoms with Gasteiger partial charge in [-0.25, -0.2) is 4.98 Å². The molecule has 3 aromatic rings. The van der Waals surface area contributed by atoms with Crippen molar-refractivity contribution in [3.63, 3.8) is 0 Å². The van der Waals surface area contributed by atoms with Crippen LogP contribution in [0, 0.1) is 0 Å². The zero-order valence-corrected chi connectivity index (χ0v) is 13.8. The Morgan fingerprint density at radius 3 is 2.83 bits per heavy atom. The summed E-state index contributed by atoms with van der Waals surface area (Å²) in [6, 6.07) is 6.65. The van der Waals surface area contributed by atoms with E-state index in [0.29, 0.717) is 10.0 Å². The van der Waals surface area contributed by atoms with Crippen molar-refractivity contribution in [1.29, 1.82) is 0 Å².